The Hall–Kier alpha value is -0.990. The molecule has 0 radical (unpaired) electrons. The zero-order chi connectivity index (χ0) is 8.41. The maximum absolute atomic E-state index is 9.96. The zero-order valence-corrected chi connectivity index (χ0v) is 7.06. The summed E-state index contributed by atoms with van der Waals surface area (Å²) in [7, 11) is 0. The smallest absolute Gasteiger partial charge is 0.313 e. The first-order valence-corrected chi connectivity index (χ1v) is 3.61. The van der Waals surface area contributed by atoms with Gasteiger partial charge in [-0.1, -0.05) is 27.7 Å². The molecule has 2 N–H and O–H groups in total. The van der Waals surface area contributed by atoms with Gasteiger partial charge >= 0.3 is 5.69 Å². The Labute approximate surface area is 61.5 Å². The molecule has 0 saturated carbocycles. The first kappa shape index (κ1) is 11.8. The molecule has 0 aliphatic rings. The lowest BCUT2D eigenvalue weighted by molar-refractivity contribution is 1.19. The fourth-order valence-electron chi connectivity index (χ4n) is 0.276. The molecule has 0 aromatic carbocycles. The second kappa shape index (κ2) is 10.9. The van der Waals surface area contributed by atoms with Crippen molar-refractivity contribution in [3.8, 4) is 0 Å². The summed E-state index contributed by atoms with van der Waals surface area (Å²) in [5.74, 6) is 0. The number of hydrogen-bond acceptors (Lipinski definition) is 1. The standard InChI is InChI=1S/C3H4N2O.2C2H6/c6-3-4-1-2-5-3;2*1-2/h1-2H,(H2,4,5,6);2*1-2H3. The SMILES string of the molecule is CC.CC.O=c1[nH]cc[nH]1. The second-order valence-corrected chi connectivity index (χ2v) is 0.951. The van der Waals surface area contributed by atoms with E-state index in [-0.39, 0.29) is 5.69 Å². The molecule has 0 atom stereocenters. The van der Waals surface area contributed by atoms with Crippen molar-refractivity contribution < 1.29 is 0 Å². The molecule has 1 heterocycles. The van der Waals surface area contributed by atoms with Crippen molar-refractivity contribution in [1.29, 1.82) is 0 Å². The van der Waals surface area contributed by atoms with Gasteiger partial charge in [-0.05, 0) is 0 Å². The quantitative estimate of drug-likeness (QED) is 0.572. The van der Waals surface area contributed by atoms with Crippen molar-refractivity contribution in [2.75, 3.05) is 0 Å². The molecule has 3 heteroatoms. The molecule has 0 unspecified atom stereocenters. The van der Waals surface area contributed by atoms with Crippen LogP contribution in [0.25, 0.3) is 0 Å². The van der Waals surface area contributed by atoms with Gasteiger partial charge in [0.05, 0.1) is 0 Å². The summed E-state index contributed by atoms with van der Waals surface area (Å²) in [5, 5.41) is 0. The van der Waals surface area contributed by atoms with Gasteiger partial charge in [0.2, 0.25) is 0 Å². The van der Waals surface area contributed by atoms with E-state index in [1.54, 1.807) is 12.4 Å². The van der Waals surface area contributed by atoms with Crippen LogP contribution in [0.2, 0.25) is 0 Å². The molecule has 0 fully saturated rings. The molecule has 10 heavy (non-hydrogen) atoms. The highest BCUT2D eigenvalue weighted by Crippen LogP contribution is 1.54. The Balaban J connectivity index is 0. The molecular weight excluding hydrogens is 128 g/mol. The van der Waals surface area contributed by atoms with Crippen LogP contribution in [0.3, 0.4) is 0 Å². The van der Waals surface area contributed by atoms with Crippen LogP contribution in [0.4, 0.5) is 0 Å². The summed E-state index contributed by atoms with van der Waals surface area (Å²) in [6.07, 6.45) is 3.09. The van der Waals surface area contributed by atoms with E-state index in [0.29, 0.717) is 0 Å². The number of H-pyrrole nitrogens is 2. The molecule has 0 bridgehead atoms. The fourth-order valence-corrected chi connectivity index (χ4v) is 0.276. The van der Waals surface area contributed by atoms with E-state index in [2.05, 4.69) is 9.97 Å². The Bertz CT molecular complexity index is 149. The average molecular weight is 144 g/mol. The van der Waals surface area contributed by atoms with Gasteiger partial charge in [-0.15, -0.1) is 0 Å². The van der Waals surface area contributed by atoms with Gasteiger partial charge in [-0.25, -0.2) is 4.79 Å². The minimum Gasteiger partial charge on any atom is -0.313 e. The van der Waals surface area contributed by atoms with E-state index in [4.69, 9.17) is 0 Å². The Kier molecular flexibility index (Phi) is 12.8. The summed E-state index contributed by atoms with van der Waals surface area (Å²) < 4.78 is 0. The number of imidazole rings is 1. The molecular formula is C7H16N2O. The lowest BCUT2D eigenvalue weighted by Gasteiger charge is -1.52. The van der Waals surface area contributed by atoms with Crippen LogP contribution in [0.1, 0.15) is 27.7 Å². The monoisotopic (exact) mass is 144 g/mol. The van der Waals surface area contributed by atoms with Crippen molar-refractivity contribution in [3.63, 3.8) is 0 Å². The second-order valence-electron chi connectivity index (χ2n) is 0.951. The minimum absolute atomic E-state index is 0.157. The van der Waals surface area contributed by atoms with Gasteiger partial charge in [0.1, 0.15) is 0 Å². The maximum atomic E-state index is 9.96. The van der Waals surface area contributed by atoms with Crippen molar-refractivity contribution in [3.05, 3.63) is 22.9 Å². The van der Waals surface area contributed by atoms with E-state index in [1.807, 2.05) is 27.7 Å². The first-order valence-electron chi connectivity index (χ1n) is 3.61. The highest BCUT2D eigenvalue weighted by atomic mass is 16.1. The lowest BCUT2D eigenvalue weighted by atomic mass is 11.0. The summed E-state index contributed by atoms with van der Waals surface area (Å²) >= 11 is 0. The van der Waals surface area contributed by atoms with Gasteiger partial charge < -0.3 is 9.97 Å². The van der Waals surface area contributed by atoms with Crippen LogP contribution in [0, 0.1) is 0 Å². The molecule has 60 valence electrons. The van der Waals surface area contributed by atoms with Crippen LogP contribution in [0.5, 0.6) is 0 Å². The molecule has 1 aromatic heterocycles. The largest absolute Gasteiger partial charge is 0.322 e. The molecule has 0 aliphatic heterocycles. The van der Waals surface area contributed by atoms with Crippen LogP contribution >= 0.6 is 0 Å². The van der Waals surface area contributed by atoms with Crippen molar-refractivity contribution in [1.82, 2.24) is 9.97 Å². The number of aromatic amines is 2. The highest BCUT2D eigenvalue weighted by molar-refractivity contribution is 4.66. The van der Waals surface area contributed by atoms with Crippen molar-refractivity contribution >= 4 is 0 Å². The van der Waals surface area contributed by atoms with Crippen LogP contribution in [-0.4, -0.2) is 9.97 Å². The molecule has 1 aromatic rings. The van der Waals surface area contributed by atoms with Crippen molar-refractivity contribution in [2.24, 2.45) is 0 Å². The van der Waals surface area contributed by atoms with Gasteiger partial charge in [-0.2, -0.15) is 0 Å². The highest BCUT2D eigenvalue weighted by Gasteiger charge is 1.69. The van der Waals surface area contributed by atoms with E-state index in [0.717, 1.165) is 0 Å². The van der Waals surface area contributed by atoms with Gasteiger partial charge in [0, 0.05) is 12.4 Å². The first-order chi connectivity index (χ1) is 4.89. The summed E-state index contributed by atoms with van der Waals surface area (Å²) in [5.41, 5.74) is -0.157. The van der Waals surface area contributed by atoms with Crippen molar-refractivity contribution in [2.45, 2.75) is 27.7 Å². The van der Waals surface area contributed by atoms with Crippen LogP contribution in [0.15, 0.2) is 17.2 Å². The molecule has 0 saturated heterocycles. The topological polar surface area (TPSA) is 48.6 Å². The Morgan fingerprint density at radius 2 is 1.30 bits per heavy atom. The lowest BCUT2D eigenvalue weighted by Crippen LogP contribution is -1.98. The predicted molar refractivity (Wildman–Crippen MR) is 44.1 cm³/mol. The van der Waals surface area contributed by atoms with Gasteiger partial charge in [0.15, 0.2) is 0 Å². The third-order valence-electron chi connectivity index (χ3n) is 0.512. The Morgan fingerprint density at radius 3 is 1.40 bits per heavy atom. The van der Waals surface area contributed by atoms with E-state index < -0.39 is 0 Å². The average Bonchev–Trinajstić information content (AvgIpc) is 2.48. The maximum Gasteiger partial charge on any atom is 0.322 e. The molecule has 0 aliphatic carbocycles. The third kappa shape index (κ3) is 7.01. The molecule has 3 nitrogen and oxygen atoms in total. The van der Waals surface area contributed by atoms with E-state index >= 15 is 0 Å². The van der Waals surface area contributed by atoms with Gasteiger partial charge in [-0.3, -0.25) is 0 Å². The predicted octanol–water partition coefficient (Wildman–Crippen LogP) is 1.76. The summed E-state index contributed by atoms with van der Waals surface area (Å²) in [6.45, 7) is 8.00. The van der Waals surface area contributed by atoms with E-state index in [1.165, 1.54) is 0 Å². The fraction of sp³-hybridized carbons (Fsp3) is 0.571. The van der Waals surface area contributed by atoms with Crippen LogP contribution < -0.4 is 5.69 Å². The zero-order valence-electron chi connectivity index (χ0n) is 7.06. The number of aromatic nitrogens is 2. The summed E-state index contributed by atoms with van der Waals surface area (Å²) in [4.78, 5) is 14.7. The van der Waals surface area contributed by atoms with Crippen LogP contribution in [-0.2, 0) is 0 Å². The molecule has 1 rings (SSSR count). The normalized spacial score (nSPS) is 6.40. The van der Waals surface area contributed by atoms with Gasteiger partial charge in [0.25, 0.3) is 0 Å². The van der Waals surface area contributed by atoms with E-state index in [9.17, 15) is 4.79 Å². The number of hydrogen-bond donors (Lipinski definition) is 2. The summed E-state index contributed by atoms with van der Waals surface area (Å²) in [6, 6.07) is 0. The number of rotatable bonds is 0. The number of nitrogens with one attached hydrogen (secondary N) is 2. The molecule has 0 amide bonds. The molecule has 0 spiro atoms. The Morgan fingerprint density at radius 1 is 1.00 bits per heavy atom. The minimum atomic E-state index is -0.157. The third-order valence-corrected chi connectivity index (χ3v) is 0.512.